The first-order chi connectivity index (χ1) is 9.29. The summed E-state index contributed by atoms with van der Waals surface area (Å²) in [6.07, 6.45) is 2.04. The van der Waals surface area contributed by atoms with Gasteiger partial charge in [-0.05, 0) is 24.5 Å². The van der Waals surface area contributed by atoms with Gasteiger partial charge in [-0.1, -0.05) is 41.9 Å². The molecule has 2 nitrogen and oxygen atoms in total. The van der Waals surface area contributed by atoms with Gasteiger partial charge >= 0.3 is 0 Å². The maximum Gasteiger partial charge on any atom is 0.162 e. The van der Waals surface area contributed by atoms with Gasteiger partial charge in [-0.25, -0.2) is 9.97 Å². The molecule has 0 amide bonds. The van der Waals surface area contributed by atoms with Crippen LogP contribution in [0.1, 0.15) is 0 Å². The summed E-state index contributed by atoms with van der Waals surface area (Å²) in [4.78, 5) is 10.2. The Morgan fingerprint density at radius 3 is 2.53 bits per heavy atom. The summed E-state index contributed by atoms with van der Waals surface area (Å²) in [5.41, 5.74) is 1.89. The van der Waals surface area contributed by atoms with E-state index in [4.69, 9.17) is 11.6 Å². The number of hydrogen-bond acceptors (Lipinski definition) is 3. The van der Waals surface area contributed by atoms with Crippen LogP contribution in [-0.4, -0.2) is 16.2 Å². The van der Waals surface area contributed by atoms with E-state index in [2.05, 4.69) is 16.0 Å². The van der Waals surface area contributed by atoms with Crippen molar-refractivity contribution in [3.63, 3.8) is 0 Å². The van der Waals surface area contributed by atoms with Crippen LogP contribution >= 0.6 is 23.4 Å². The second-order valence-corrected chi connectivity index (χ2v) is 5.26. The Bertz CT molecular complexity index is 743. The Kier molecular flexibility index (Phi) is 3.40. The van der Waals surface area contributed by atoms with Crippen LogP contribution in [0.3, 0.4) is 0 Å². The predicted octanol–water partition coefficient (Wildman–Crippen LogP) is 4.67. The zero-order valence-electron chi connectivity index (χ0n) is 10.3. The number of benzene rings is 2. The van der Waals surface area contributed by atoms with E-state index in [1.165, 1.54) is 0 Å². The van der Waals surface area contributed by atoms with Crippen molar-refractivity contribution in [2.24, 2.45) is 0 Å². The second-order valence-electron chi connectivity index (χ2n) is 4.06. The molecule has 19 heavy (non-hydrogen) atoms. The molecule has 1 aromatic heterocycles. The molecule has 0 fully saturated rings. The van der Waals surface area contributed by atoms with Crippen LogP contribution in [0.2, 0.25) is 5.15 Å². The third-order valence-electron chi connectivity index (χ3n) is 2.90. The van der Waals surface area contributed by atoms with Gasteiger partial charge < -0.3 is 0 Å². The summed E-state index contributed by atoms with van der Waals surface area (Å²) in [6, 6.07) is 15.9. The molecule has 0 unspecified atom stereocenters. The molecule has 0 N–H and O–H groups in total. The summed E-state index contributed by atoms with van der Waals surface area (Å²) < 4.78 is 0. The molecule has 0 saturated heterocycles. The van der Waals surface area contributed by atoms with E-state index in [0.29, 0.717) is 11.0 Å². The number of fused-ring (bicyclic) bond motifs is 1. The van der Waals surface area contributed by atoms with Crippen LogP contribution in [0.4, 0.5) is 0 Å². The van der Waals surface area contributed by atoms with Gasteiger partial charge in [0.25, 0.3) is 0 Å². The topological polar surface area (TPSA) is 25.8 Å². The second kappa shape index (κ2) is 5.19. The highest BCUT2D eigenvalue weighted by molar-refractivity contribution is 7.98. The highest BCUT2D eigenvalue weighted by Crippen LogP contribution is 2.30. The molecule has 0 bridgehead atoms. The SMILES string of the molecule is CSc1ccccc1-c1nc(Cl)c2ccccc2n1. The first kappa shape index (κ1) is 12.5. The molecule has 0 radical (unpaired) electrons. The van der Waals surface area contributed by atoms with Gasteiger partial charge in [-0.2, -0.15) is 0 Å². The average molecular weight is 287 g/mol. The molecule has 4 heteroatoms. The van der Waals surface area contributed by atoms with E-state index >= 15 is 0 Å². The van der Waals surface area contributed by atoms with E-state index in [9.17, 15) is 0 Å². The summed E-state index contributed by atoms with van der Waals surface area (Å²) >= 11 is 7.93. The third kappa shape index (κ3) is 2.31. The predicted molar refractivity (Wildman–Crippen MR) is 81.8 cm³/mol. The van der Waals surface area contributed by atoms with Crippen molar-refractivity contribution in [1.82, 2.24) is 9.97 Å². The number of thioether (sulfide) groups is 1. The summed E-state index contributed by atoms with van der Waals surface area (Å²) in [5.74, 6) is 0.675. The summed E-state index contributed by atoms with van der Waals surface area (Å²) in [6.45, 7) is 0. The van der Waals surface area contributed by atoms with Crippen LogP contribution in [-0.2, 0) is 0 Å². The monoisotopic (exact) mass is 286 g/mol. The van der Waals surface area contributed by atoms with E-state index in [1.807, 2.05) is 48.7 Å². The summed E-state index contributed by atoms with van der Waals surface area (Å²) in [5, 5.41) is 1.38. The fraction of sp³-hybridized carbons (Fsp3) is 0.0667. The van der Waals surface area contributed by atoms with Crippen molar-refractivity contribution >= 4 is 34.3 Å². The van der Waals surface area contributed by atoms with Crippen molar-refractivity contribution in [2.45, 2.75) is 4.90 Å². The molecule has 2 aromatic carbocycles. The molecule has 94 valence electrons. The Balaban J connectivity index is 2.26. The molecule has 0 aliphatic heterocycles. The molecule has 0 spiro atoms. The van der Waals surface area contributed by atoms with Crippen molar-refractivity contribution in [2.75, 3.05) is 6.26 Å². The Morgan fingerprint density at radius 1 is 0.947 bits per heavy atom. The molecule has 3 rings (SSSR count). The van der Waals surface area contributed by atoms with Crippen LogP contribution in [0, 0.1) is 0 Å². The number of hydrogen-bond donors (Lipinski definition) is 0. The highest BCUT2D eigenvalue weighted by atomic mass is 35.5. The van der Waals surface area contributed by atoms with Crippen molar-refractivity contribution < 1.29 is 0 Å². The maximum absolute atomic E-state index is 6.25. The minimum atomic E-state index is 0.497. The smallest absolute Gasteiger partial charge is 0.162 e. The molecule has 0 saturated carbocycles. The number of rotatable bonds is 2. The van der Waals surface area contributed by atoms with Crippen molar-refractivity contribution in [1.29, 1.82) is 0 Å². The number of nitrogens with zero attached hydrogens (tertiary/aromatic N) is 2. The highest BCUT2D eigenvalue weighted by Gasteiger charge is 2.10. The van der Waals surface area contributed by atoms with E-state index in [-0.39, 0.29) is 0 Å². The van der Waals surface area contributed by atoms with Gasteiger partial charge in [-0.3, -0.25) is 0 Å². The normalized spacial score (nSPS) is 10.8. The largest absolute Gasteiger partial charge is 0.228 e. The van der Waals surface area contributed by atoms with Gasteiger partial charge in [0.2, 0.25) is 0 Å². The number of halogens is 1. The van der Waals surface area contributed by atoms with Crippen LogP contribution < -0.4 is 0 Å². The molecule has 1 heterocycles. The first-order valence-corrected chi connectivity index (χ1v) is 7.45. The Morgan fingerprint density at radius 2 is 1.68 bits per heavy atom. The lowest BCUT2D eigenvalue weighted by Gasteiger charge is -2.07. The fourth-order valence-electron chi connectivity index (χ4n) is 1.99. The molecule has 0 atom stereocenters. The standard InChI is InChI=1S/C15H11ClN2S/c1-19-13-9-5-3-7-11(13)15-17-12-8-4-2-6-10(12)14(16)18-15/h2-9H,1H3. The third-order valence-corrected chi connectivity index (χ3v) is 3.99. The van der Waals surface area contributed by atoms with Gasteiger partial charge in [0, 0.05) is 15.8 Å². The van der Waals surface area contributed by atoms with Gasteiger partial charge in [0.15, 0.2) is 5.82 Å². The van der Waals surface area contributed by atoms with Crippen molar-refractivity contribution in [3.05, 3.63) is 53.7 Å². The van der Waals surface area contributed by atoms with E-state index < -0.39 is 0 Å². The van der Waals surface area contributed by atoms with Gasteiger partial charge in [-0.15, -0.1) is 11.8 Å². The minimum Gasteiger partial charge on any atom is -0.228 e. The maximum atomic E-state index is 6.25. The van der Waals surface area contributed by atoms with Crippen molar-refractivity contribution in [3.8, 4) is 11.4 Å². The molecular formula is C15H11ClN2S. The minimum absolute atomic E-state index is 0.497. The lowest BCUT2D eigenvalue weighted by atomic mass is 10.2. The number of aromatic nitrogens is 2. The quantitative estimate of drug-likeness (QED) is 0.506. The average Bonchev–Trinajstić information content (AvgIpc) is 2.47. The zero-order chi connectivity index (χ0) is 13.2. The van der Waals surface area contributed by atoms with E-state index in [1.54, 1.807) is 11.8 Å². The lowest BCUT2D eigenvalue weighted by Crippen LogP contribution is -1.93. The first-order valence-electron chi connectivity index (χ1n) is 5.85. The Labute approximate surface area is 120 Å². The van der Waals surface area contributed by atoms with Crippen LogP contribution in [0.15, 0.2) is 53.4 Å². The lowest BCUT2D eigenvalue weighted by molar-refractivity contribution is 1.20. The van der Waals surface area contributed by atoms with Crippen LogP contribution in [0.25, 0.3) is 22.3 Å². The Hall–Kier alpha value is -1.58. The fourth-order valence-corrected chi connectivity index (χ4v) is 2.82. The van der Waals surface area contributed by atoms with Gasteiger partial charge in [0.05, 0.1) is 5.52 Å². The van der Waals surface area contributed by atoms with Crippen LogP contribution in [0.5, 0.6) is 0 Å². The molecule has 0 aliphatic rings. The summed E-state index contributed by atoms with van der Waals surface area (Å²) in [7, 11) is 0. The molecule has 0 aliphatic carbocycles. The number of para-hydroxylation sites is 1. The van der Waals surface area contributed by atoms with E-state index in [0.717, 1.165) is 21.4 Å². The zero-order valence-corrected chi connectivity index (χ0v) is 11.9. The molecular weight excluding hydrogens is 276 g/mol. The molecule has 3 aromatic rings. The van der Waals surface area contributed by atoms with Gasteiger partial charge in [0.1, 0.15) is 5.15 Å².